The highest BCUT2D eigenvalue weighted by molar-refractivity contribution is 5.90. The van der Waals surface area contributed by atoms with E-state index in [1.54, 1.807) is 0 Å². The monoisotopic (exact) mass is 186 g/mol. The Hall–Kier alpha value is -1.11. The third-order valence-electron chi connectivity index (χ3n) is 3.80. The normalized spacial score (nSPS) is 43.9. The van der Waals surface area contributed by atoms with Crippen LogP contribution in [0.1, 0.15) is 12.8 Å². The SMILES string of the molecule is O=C1C2C=CC=CC2C2CCC=CC12. The van der Waals surface area contributed by atoms with Gasteiger partial charge in [-0.2, -0.15) is 0 Å². The number of carbonyl (C=O) groups excluding carboxylic acids is 1. The van der Waals surface area contributed by atoms with Gasteiger partial charge in [0.05, 0.1) is 0 Å². The first-order valence-corrected chi connectivity index (χ1v) is 5.43. The predicted octanol–water partition coefficient (Wildman–Crippen LogP) is 2.51. The predicted molar refractivity (Wildman–Crippen MR) is 55.6 cm³/mol. The van der Waals surface area contributed by atoms with Gasteiger partial charge in [0.2, 0.25) is 0 Å². The van der Waals surface area contributed by atoms with Gasteiger partial charge < -0.3 is 0 Å². The highest BCUT2D eigenvalue weighted by Gasteiger charge is 2.46. The molecular weight excluding hydrogens is 172 g/mol. The highest BCUT2D eigenvalue weighted by atomic mass is 16.1. The van der Waals surface area contributed by atoms with E-state index in [0.29, 0.717) is 17.6 Å². The van der Waals surface area contributed by atoms with E-state index in [4.69, 9.17) is 0 Å². The summed E-state index contributed by atoms with van der Waals surface area (Å²) in [4.78, 5) is 12.0. The van der Waals surface area contributed by atoms with Gasteiger partial charge in [0.1, 0.15) is 5.78 Å². The van der Waals surface area contributed by atoms with Crippen LogP contribution >= 0.6 is 0 Å². The molecule has 0 bridgehead atoms. The fourth-order valence-corrected chi connectivity index (χ4v) is 3.13. The maximum atomic E-state index is 12.0. The quantitative estimate of drug-likeness (QED) is 0.531. The molecular formula is C13H14O. The van der Waals surface area contributed by atoms with Crippen molar-refractivity contribution in [1.82, 2.24) is 0 Å². The lowest BCUT2D eigenvalue weighted by molar-refractivity contribution is -0.122. The molecule has 3 aliphatic carbocycles. The molecule has 3 aliphatic rings. The third-order valence-corrected chi connectivity index (χ3v) is 3.80. The summed E-state index contributed by atoms with van der Waals surface area (Å²) in [6.45, 7) is 0. The smallest absolute Gasteiger partial charge is 0.147 e. The Balaban J connectivity index is 2.01. The first-order chi connectivity index (χ1) is 6.88. The van der Waals surface area contributed by atoms with Gasteiger partial charge in [0.25, 0.3) is 0 Å². The molecule has 0 aromatic rings. The Labute approximate surface area is 84.2 Å². The van der Waals surface area contributed by atoms with Gasteiger partial charge in [-0.15, -0.1) is 0 Å². The number of fused-ring (bicyclic) bond motifs is 3. The van der Waals surface area contributed by atoms with Crippen molar-refractivity contribution >= 4 is 5.78 Å². The van der Waals surface area contributed by atoms with Crippen molar-refractivity contribution in [3.05, 3.63) is 36.5 Å². The number of allylic oxidation sites excluding steroid dienone is 6. The van der Waals surface area contributed by atoms with Crippen molar-refractivity contribution in [2.24, 2.45) is 23.7 Å². The molecule has 4 atom stereocenters. The fourth-order valence-electron chi connectivity index (χ4n) is 3.13. The summed E-state index contributed by atoms with van der Waals surface area (Å²) in [6.07, 6.45) is 15.1. The maximum absolute atomic E-state index is 12.0. The molecule has 3 rings (SSSR count). The van der Waals surface area contributed by atoms with Crippen LogP contribution in [0, 0.1) is 23.7 Å². The summed E-state index contributed by atoms with van der Waals surface area (Å²) < 4.78 is 0. The summed E-state index contributed by atoms with van der Waals surface area (Å²) in [5.41, 5.74) is 0. The van der Waals surface area contributed by atoms with E-state index in [0.717, 1.165) is 6.42 Å². The zero-order valence-corrected chi connectivity index (χ0v) is 8.10. The second-order valence-corrected chi connectivity index (χ2v) is 4.47. The number of ketones is 1. The first kappa shape index (κ1) is 8.22. The Morgan fingerprint density at radius 2 is 1.93 bits per heavy atom. The number of rotatable bonds is 0. The number of carbonyl (C=O) groups is 1. The van der Waals surface area contributed by atoms with Gasteiger partial charge in [-0.25, -0.2) is 0 Å². The van der Waals surface area contributed by atoms with Gasteiger partial charge in [-0.3, -0.25) is 4.79 Å². The van der Waals surface area contributed by atoms with Gasteiger partial charge in [0.15, 0.2) is 0 Å². The van der Waals surface area contributed by atoms with Gasteiger partial charge in [-0.05, 0) is 24.7 Å². The first-order valence-electron chi connectivity index (χ1n) is 5.43. The second-order valence-electron chi connectivity index (χ2n) is 4.47. The molecule has 1 nitrogen and oxygen atoms in total. The molecule has 0 amide bonds. The van der Waals surface area contributed by atoms with Crippen LogP contribution in [-0.2, 0) is 4.79 Å². The van der Waals surface area contributed by atoms with Crippen molar-refractivity contribution in [3.63, 3.8) is 0 Å². The molecule has 4 unspecified atom stereocenters. The largest absolute Gasteiger partial charge is 0.298 e. The van der Waals surface area contributed by atoms with E-state index in [9.17, 15) is 4.79 Å². The molecule has 72 valence electrons. The van der Waals surface area contributed by atoms with Crippen LogP contribution < -0.4 is 0 Å². The van der Waals surface area contributed by atoms with Crippen molar-refractivity contribution < 1.29 is 4.79 Å². The molecule has 0 heterocycles. The Bertz CT molecular complexity index is 348. The van der Waals surface area contributed by atoms with Crippen LogP contribution in [0.15, 0.2) is 36.5 Å². The fraction of sp³-hybridized carbons (Fsp3) is 0.462. The summed E-state index contributed by atoms with van der Waals surface area (Å²) in [7, 11) is 0. The van der Waals surface area contributed by atoms with Crippen molar-refractivity contribution in [1.29, 1.82) is 0 Å². The molecule has 0 radical (unpaired) electrons. The lowest BCUT2D eigenvalue weighted by atomic mass is 9.80. The van der Waals surface area contributed by atoms with E-state index < -0.39 is 0 Å². The lowest BCUT2D eigenvalue weighted by Crippen LogP contribution is -2.17. The van der Waals surface area contributed by atoms with Crippen molar-refractivity contribution in [3.8, 4) is 0 Å². The van der Waals surface area contributed by atoms with E-state index in [1.165, 1.54) is 6.42 Å². The summed E-state index contributed by atoms with van der Waals surface area (Å²) in [5, 5.41) is 0. The molecule has 0 aromatic heterocycles. The van der Waals surface area contributed by atoms with Gasteiger partial charge >= 0.3 is 0 Å². The Morgan fingerprint density at radius 3 is 2.86 bits per heavy atom. The average molecular weight is 186 g/mol. The topological polar surface area (TPSA) is 17.1 Å². The van der Waals surface area contributed by atoms with E-state index in [1.807, 2.05) is 6.08 Å². The summed E-state index contributed by atoms with van der Waals surface area (Å²) >= 11 is 0. The maximum Gasteiger partial charge on any atom is 0.147 e. The van der Waals surface area contributed by atoms with Gasteiger partial charge in [0, 0.05) is 11.8 Å². The lowest BCUT2D eigenvalue weighted by Gasteiger charge is -2.24. The molecule has 1 fully saturated rings. The number of Topliss-reactive ketones (excluding diaryl/α,β-unsaturated/α-hetero) is 1. The van der Waals surface area contributed by atoms with Crippen LogP contribution in [0.5, 0.6) is 0 Å². The zero-order chi connectivity index (χ0) is 9.54. The second kappa shape index (κ2) is 2.94. The molecule has 1 saturated carbocycles. The van der Waals surface area contributed by atoms with Crippen LogP contribution in [0.2, 0.25) is 0 Å². The molecule has 14 heavy (non-hydrogen) atoms. The van der Waals surface area contributed by atoms with E-state index in [2.05, 4.69) is 30.4 Å². The van der Waals surface area contributed by atoms with Crippen molar-refractivity contribution in [2.45, 2.75) is 12.8 Å². The highest BCUT2D eigenvalue weighted by Crippen LogP contribution is 2.46. The minimum Gasteiger partial charge on any atom is -0.298 e. The zero-order valence-electron chi connectivity index (χ0n) is 8.10. The molecule has 0 aliphatic heterocycles. The van der Waals surface area contributed by atoms with Crippen LogP contribution in [0.25, 0.3) is 0 Å². The van der Waals surface area contributed by atoms with E-state index in [-0.39, 0.29) is 11.8 Å². The summed E-state index contributed by atoms with van der Waals surface area (Å²) in [5.74, 6) is 1.90. The van der Waals surface area contributed by atoms with Crippen LogP contribution in [0.3, 0.4) is 0 Å². The molecule has 0 saturated heterocycles. The molecule has 0 N–H and O–H groups in total. The van der Waals surface area contributed by atoms with Crippen molar-refractivity contribution in [2.75, 3.05) is 0 Å². The minimum atomic E-state index is 0.178. The van der Waals surface area contributed by atoms with Gasteiger partial charge in [-0.1, -0.05) is 36.5 Å². The van der Waals surface area contributed by atoms with Crippen LogP contribution in [-0.4, -0.2) is 5.78 Å². The Morgan fingerprint density at radius 1 is 1.07 bits per heavy atom. The minimum absolute atomic E-state index is 0.178. The van der Waals surface area contributed by atoms with E-state index >= 15 is 0 Å². The molecule has 1 heteroatoms. The third kappa shape index (κ3) is 0.985. The molecule has 0 aromatic carbocycles. The Kier molecular flexibility index (Phi) is 1.73. The number of hydrogen-bond acceptors (Lipinski definition) is 1. The van der Waals surface area contributed by atoms with Crippen LogP contribution in [0.4, 0.5) is 0 Å². The molecule has 0 spiro atoms. The average Bonchev–Trinajstić information content (AvgIpc) is 2.55. The standard InChI is InChI=1S/C13H14O/c14-13-11-7-3-1-5-9(11)10-6-2-4-8-12(10)13/h1,3-5,7-12H,2,6H2. The summed E-state index contributed by atoms with van der Waals surface area (Å²) in [6, 6.07) is 0. The number of hydrogen-bond donors (Lipinski definition) is 0.